The topological polar surface area (TPSA) is 32.7 Å². The van der Waals surface area contributed by atoms with Crippen LogP contribution in [0.3, 0.4) is 0 Å². The highest BCUT2D eigenvalue weighted by molar-refractivity contribution is 5.40. The summed E-state index contributed by atoms with van der Waals surface area (Å²) in [5, 5.41) is 9.48. The monoisotopic (exact) mass is 233 g/mol. The van der Waals surface area contributed by atoms with Crippen molar-refractivity contribution in [3.8, 4) is 5.75 Å². The number of aromatic hydroxyl groups is 1. The minimum Gasteiger partial charge on any atom is -0.508 e. The summed E-state index contributed by atoms with van der Waals surface area (Å²) in [6.45, 7) is 5.00. The summed E-state index contributed by atoms with van der Waals surface area (Å²) < 4.78 is 5.37. The van der Waals surface area contributed by atoms with Crippen molar-refractivity contribution in [2.75, 3.05) is 32.8 Å². The molecule has 1 atom stereocenters. The van der Waals surface area contributed by atoms with E-state index in [0.717, 1.165) is 39.3 Å². The Hall–Kier alpha value is -1.06. The van der Waals surface area contributed by atoms with Crippen molar-refractivity contribution < 1.29 is 9.84 Å². The number of benzene rings is 1. The Morgan fingerprint density at radius 3 is 2.94 bits per heavy atom. The Kier molecular flexibility index (Phi) is 3.04. The van der Waals surface area contributed by atoms with E-state index in [1.165, 1.54) is 17.5 Å². The van der Waals surface area contributed by atoms with Gasteiger partial charge < -0.3 is 9.84 Å². The summed E-state index contributed by atoms with van der Waals surface area (Å²) in [4.78, 5) is 2.50. The van der Waals surface area contributed by atoms with Crippen molar-refractivity contribution in [3.63, 3.8) is 0 Å². The highest BCUT2D eigenvalue weighted by atomic mass is 16.5. The largest absolute Gasteiger partial charge is 0.508 e. The number of hydrogen-bond donors (Lipinski definition) is 1. The van der Waals surface area contributed by atoms with Crippen molar-refractivity contribution >= 4 is 0 Å². The predicted octanol–water partition coefficient (Wildman–Crippen LogP) is 1.75. The van der Waals surface area contributed by atoms with E-state index in [4.69, 9.17) is 4.74 Å². The van der Waals surface area contributed by atoms with E-state index < -0.39 is 0 Å². The zero-order chi connectivity index (χ0) is 11.7. The van der Waals surface area contributed by atoms with E-state index in [0.29, 0.717) is 11.7 Å². The first-order valence-electron chi connectivity index (χ1n) is 6.45. The smallest absolute Gasteiger partial charge is 0.115 e. The summed E-state index contributed by atoms with van der Waals surface area (Å²) in [5.74, 6) is 1.04. The fourth-order valence-electron chi connectivity index (χ4n) is 2.98. The first-order valence-corrected chi connectivity index (χ1v) is 6.45. The molecule has 2 aliphatic rings. The summed E-state index contributed by atoms with van der Waals surface area (Å²) in [7, 11) is 0. The molecule has 1 unspecified atom stereocenters. The Morgan fingerprint density at radius 1 is 1.29 bits per heavy atom. The number of phenols is 1. The number of rotatable bonds is 2. The maximum Gasteiger partial charge on any atom is 0.115 e. The molecule has 1 aromatic rings. The molecule has 1 fully saturated rings. The van der Waals surface area contributed by atoms with E-state index in [-0.39, 0.29) is 0 Å². The number of aryl methyl sites for hydroxylation is 1. The molecule has 1 N–H and O–H groups in total. The number of nitrogens with zero attached hydrogens (tertiary/aromatic N) is 1. The highest BCUT2D eigenvalue weighted by Gasteiger charge is 2.25. The molecule has 92 valence electrons. The zero-order valence-electron chi connectivity index (χ0n) is 10.1. The molecular formula is C14H19NO2. The molecule has 0 radical (unpaired) electrons. The van der Waals surface area contributed by atoms with Gasteiger partial charge in [0, 0.05) is 19.6 Å². The number of morpholine rings is 1. The van der Waals surface area contributed by atoms with Crippen LogP contribution >= 0.6 is 0 Å². The van der Waals surface area contributed by atoms with E-state index >= 15 is 0 Å². The van der Waals surface area contributed by atoms with Crippen LogP contribution in [0.15, 0.2) is 18.2 Å². The molecule has 1 saturated heterocycles. The third-order valence-corrected chi connectivity index (χ3v) is 3.91. The Labute approximate surface area is 102 Å². The third kappa shape index (κ3) is 2.31. The second-order valence-corrected chi connectivity index (χ2v) is 5.03. The van der Waals surface area contributed by atoms with E-state index in [2.05, 4.69) is 11.0 Å². The fraction of sp³-hybridized carbons (Fsp3) is 0.571. The van der Waals surface area contributed by atoms with Gasteiger partial charge in [0.1, 0.15) is 5.75 Å². The lowest BCUT2D eigenvalue weighted by molar-refractivity contribution is 0.0351. The highest BCUT2D eigenvalue weighted by Crippen LogP contribution is 2.35. The number of ether oxygens (including phenoxy) is 1. The van der Waals surface area contributed by atoms with Gasteiger partial charge in [0.2, 0.25) is 0 Å². The van der Waals surface area contributed by atoms with Crippen LogP contribution in [-0.4, -0.2) is 42.9 Å². The van der Waals surface area contributed by atoms with Gasteiger partial charge in [-0.25, -0.2) is 0 Å². The molecule has 3 heteroatoms. The van der Waals surface area contributed by atoms with Gasteiger partial charge in [-0.15, -0.1) is 0 Å². The summed E-state index contributed by atoms with van der Waals surface area (Å²) in [6.07, 6.45) is 2.33. The SMILES string of the molecule is Oc1ccc2c(c1)CCC2CN1CCOCC1. The molecule has 1 aliphatic carbocycles. The van der Waals surface area contributed by atoms with Crippen molar-refractivity contribution in [1.29, 1.82) is 0 Å². The molecule has 0 spiro atoms. The van der Waals surface area contributed by atoms with E-state index in [1.54, 1.807) is 0 Å². The Morgan fingerprint density at radius 2 is 2.12 bits per heavy atom. The van der Waals surface area contributed by atoms with Crippen molar-refractivity contribution in [2.24, 2.45) is 0 Å². The van der Waals surface area contributed by atoms with E-state index in [1.807, 2.05) is 12.1 Å². The molecule has 17 heavy (non-hydrogen) atoms. The summed E-state index contributed by atoms with van der Waals surface area (Å²) in [6, 6.07) is 5.84. The zero-order valence-corrected chi connectivity index (χ0v) is 10.1. The van der Waals surface area contributed by atoms with Crippen LogP contribution in [0.25, 0.3) is 0 Å². The molecule has 3 nitrogen and oxygen atoms in total. The molecule has 3 rings (SSSR count). The van der Waals surface area contributed by atoms with Crippen LogP contribution in [0.1, 0.15) is 23.5 Å². The second-order valence-electron chi connectivity index (χ2n) is 5.03. The van der Waals surface area contributed by atoms with E-state index in [9.17, 15) is 5.11 Å². The average molecular weight is 233 g/mol. The normalized spacial score (nSPS) is 24.8. The van der Waals surface area contributed by atoms with Crippen LogP contribution in [0.2, 0.25) is 0 Å². The van der Waals surface area contributed by atoms with Crippen LogP contribution in [0.4, 0.5) is 0 Å². The molecule has 0 bridgehead atoms. The number of fused-ring (bicyclic) bond motifs is 1. The maximum absolute atomic E-state index is 9.48. The van der Waals surface area contributed by atoms with Gasteiger partial charge in [0.25, 0.3) is 0 Å². The lowest BCUT2D eigenvalue weighted by atomic mass is 10.0. The first-order chi connectivity index (χ1) is 8.33. The quantitative estimate of drug-likeness (QED) is 0.844. The standard InChI is InChI=1S/C14H19NO2/c16-13-3-4-14-11(9-13)1-2-12(14)10-15-5-7-17-8-6-15/h3-4,9,12,16H,1-2,5-8,10H2. The Bertz CT molecular complexity index is 399. The number of hydrogen-bond acceptors (Lipinski definition) is 3. The van der Waals surface area contributed by atoms with Crippen LogP contribution in [0.5, 0.6) is 5.75 Å². The Balaban J connectivity index is 1.70. The predicted molar refractivity (Wildman–Crippen MR) is 66.4 cm³/mol. The number of phenolic OH excluding ortho intramolecular Hbond substituents is 1. The molecule has 0 amide bonds. The van der Waals surface area contributed by atoms with Crippen LogP contribution in [-0.2, 0) is 11.2 Å². The van der Waals surface area contributed by atoms with Crippen LogP contribution < -0.4 is 0 Å². The maximum atomic E-state index is 9.48. The lowest BCUT2D eigenvalue weighted by Gasteiger charge is -2.29. The van der Waals surface area contributed by atoms with Gasteiger partial charge in [-0.3, -0.25) is 4.90 Å². The van der Waals surface area contributed by atoms with Crippen molar-refractivity contribution in [1.82, 2.24) is 4.90 Å². The minimum atomic E-state index is 0.399. The van der Waals surface area contributed by atoms with Gasteiger partial charge in [-0.05, 0) is 42.0 Å². The molecule has 1 aromatic carbocycles. The molecule has 1 heterocycles. The molecule has 1 aliphatic heterocycles. The van der Waals surface area contributed by atoms with Gasteiger partial charge in [0.05, 0.1) is 13.2 Å². The molecular weight excluding hydrogens is 214 g/mol. The van der Waals surface area contributed by atoms with Crippen molar-refractivity contribution in [3.05, 3.63) is 29.3 Å². The van der Waals surface area contributed by atoms with Gasteiger partial charge in [-0.1, -0.05) is 6.07 Å². The first kappa shape index (κ1) is 11.1. The third-order valence-electron chi connectivity index (χ3n) is 3.91. The lowest BCUT2D eigenvalue weighted by Crippen LogP contribution is -2.38. The van der Waals surface area contributed by atoms with Gasteiger partial charge in [-0.2, -0.15) is 0 Å². The summed E-state index contributed by atoms with van der Waals surface area (Å²) >= 11 is 0. The fourth-order valence-corrected chi connectivity index (χ4v) is 2.98. The average Bonchev–Trinajstić information content (AvgIpc) is 2.73. The minimum absolute atomic E-state index is 0.399. The second kappa shape index (κ2) is 4.67. The van der Waals surface area contributed by atoms with Crippen LogP contribution in [0, 0.1) is 0 Å². The summed E-state index contributed by atoms with van der Waals surface area (Å²) in [5.41, 5.74) is 2.78. The van der Waals surface area contributed by atoms with Gasteiger partial charge >= 0.3 is 0 Å². The molecule has 0 aromatic heterocycles. The van der Waals surface area contributed by atoms with Gasteiger partial charge in [0.15, 0.2) is 0 Å². The van der Waals surface area contributed by atoms with Crippen molar-refractivity contribution in [2.45, 2.75) is 18.8 Å². The molecule has 0 saturated carbocycles.